The van der Waals surface area contributed by atoms with E-state index < -0.39 is 9.84 Å². The molecule has 0 saturated heterocycles. The smallest absolute Gasteiger partial charge is 0.148 e. The molecule has 5 nitrogen and oxygen atoms in total. The molecule has 0 aromatic rings. The van der Waals surface area contributed by atoms with E-state index in [0.29, 0.717) is 26.3 Å². The van der Waals surface area contributed by atoms with Gasteiger partial charge in [0.05, 0.1) is 19.0 Å². The van der Waals surface area contributed by atoms with Crippen molar-refractivity contribution < 1.29 is 13.2 Å². The Balaban J connectivity index is 3.42. The molecule has 2 N–H and O–H groups in total. The van der Waals surface area contributed by atoms with E-state index in [2.05, 4.69) is 0 Å². The molecule has 0 atom stereocenters. The summed E-state index contributed by atoms with van der Waals surface area (Å²) >= 11 is 0. The maximum Gasteiger partial charge on any atom is 0.148 e. The van der Waals surface area contributed by atoms with Crippen molar-refractivity contribution in [1.82, 2.24) is 4.90 Å². The first-order valence-corrected chi connectivity index (χ1v) is 6.66. The fourth-order valence-corrected chi connectivity index (χ4v) is 1.48. The van der Waals surface area contributed by atoms with Crippen LogP contribution < -0.4 is 5.73 Å². The molecule has 0 amide bonds. The van der Waals surface area contributed by atoms with Gasteiger partial charge in [0.25, 0.3) is 0 Å². The molecular formula is C8H20N2O3S. The van der Waals surface area contributed by atoms with Crippen LogP contribution in [0, 0.1) is 0 Å². The Labute approximate surface area is 86.1 Å². The number of ether oxygens (including phenoxy) is 1. The summed E-state index contributed by atoms with van der Waals surface area (Å²) in [7, 11) is -0.985. The van der Waals surface area contributed by atoms with Crippen LogP contribution in [-0.2, 0) is 14.6 Å². The Morgan fingerprint density at radius 1 is 1.29 bits per heavy atom. The van der Waals surface area contributed by atoms with Gasteiger partial charge in [-0.2, -0.15) is 0 Å². The molecule has 0 aromatic heterocycles. The van der Waals surface area contributed by atoms with E-state index in [4.69, 9.17) is 10.5 Å². The van der Waals surface area contributed by atoms with E-state index in [0.717, 1.165) is 6.54 Å². The van der Waals surface area contributed by atoms with Crippen LogP contribution >= 0.6 is 0 Å². The van der Waals surface area contributed by atoms with Gasteiger partial charge in [0.2, 0.25) is 0 Å². The average Bonchev–Trinajstić information content (AvgIpc) is 2.08. The van der Waals surface area contributed by atoms with Crippen molar-refractivity contribution in [2.75, 3.05) is 51.9 Å². The van der Waals surface area contributed by atoms with E-state index in [-0.39, 0.29) is 5.75 Å². The fraction of sp³-hybridized carbons (Fsp3) is 1.00. The first-order chi connectivity index (χ1) is 6.45. The van der Waals surface area contributed by atoms with Crippen LogP contribution in [-0.4, -0.2) is 65.2 Å². The maximum absolute atomic E-state index is 10.8. The van der Waals surface area contributed by atoms with Gasteiger partial charge in [0, 0.05) is 25.9 Å². The first kappa shape index (κ1) is 13.8. The molecule has 0 bridgehead atoms. The zero-order valence-electron chi connectivity index (χ0n) is 8.90. The molecule has 0 aromatic carbocycles. The molecule has 86 valence electrons. The SMILES string of the molecule is CN(CCOCCN)CCS(C)(=O)=O. The molecule has 6 heteroatoms. The third kappa shape index (κ3) is 9.91. The summed E-state index contributed by atoms with van der Waals surface area (Å²) in [5.41, 5.74) is 5.24. The molecule has 0 aliphatic heterocycles. The normalized spacial score (nSPS) is 12.3. The summed E-state index contributed by atoms with van der Waals surface area (Å²) < 4.78 is 26.8. The highest BCUT2D eigenvalue weighted by Crippen LogP contribution is 1.88. The van der Waals surface area contributed by atoms with Gasteiger partial charge in [-0.25, -0.2) is 8.42 Å². The maximum atomic E-state index is 10.8. The standard InChI is InChI=1S/C8H20N2O3S/c1-10(4-7-13-6-3-9)5-8-14(2,11)12/h3-9H2,1-2H3. The summed E-state index contributed by atoms with van der Waals surface area (Å²) in [5, 5.41) is 0. The zero-order chi connectivity index (χ0) is 11.0. The van der Waals surface area contributed by atoms with Crippen LogP contribution in [0.5, 0.6) is 0 Å². The van der Waals surface area contributed by atoms with Crippen LogP contribution in [0.2, 0.25) is 0 Å². The topological polar surface area (TPSA) is 72.6 Å². The van der Waals surface area contributed by atoms with Gasteiger partial charge < -0.3 is 15.4 Å². The summed E-state index contributed by atoms with van der Waals surface area (Å²) in [5.74, 6) is 0.195. The Morgan fingerprint density at radius 3 is 2.43 bits per heavy atom. The van der Waals surface area contributed by atoms with Gasteiger partial charge in [-0.3, -0.25) is 0 Å². The largest absolute Gasteiger partial charge is 0.379 e. The van der Waals surface area contributed by atoms with Crippen molar-refractivity contribution in [3.05, 3.63) is 0 Å². The second-order valence-corrected chi connectivity index (χ2v) is 5.59. The van der Waals surface area contributed by atoms with Crippen molar-refractivity contribution in [1.29, 1.82) is 0 Å². The zero-order valence-corrected chi connectivity index (χ0v) is 9.72. The molecule has 0 aliphatic rings. The van der Waals surface area contributed by atoms with Crippen molar-refractivity contribution in [2.45, 2.75) is 0 Å². The monoisotopic (exact) mass is 224 g/mol. The second-order valence-electron chi connectivity index (χ2n) is 3.33. The number of nitrogens with zero attached hydrogens (tertiary/aromatic N) is 1. The van der Waals surface area contributed by atoms with Gasteiger partial charge >= 0.3 is 0 Å². The third-order valence-electron chi connectivity index (χ3n) is 1.72. The van der Waals surface area contributed by atoms with Gasteiger partial charge in [-0.05, 0) is 7.05 Å². The fourth-order valence-electron chi connectivity index (χ4n) is 0.839. The Morgan fingerprint density at radius 2 is 1.93 bits per heavy atom. The van der Waals surface area contributed by atoms with Crippen molar-refractivity contribution in [3.63, 3.8) is 0 Å². The summed E-state index contributed by atoms with van der Waals surface area (Å²) in [4.78, 5) is 1.93. The number of sulfone groups is 1. The molecule has 0 fully saturated rings. The molecule has 0 unspecified atom stereocenters. The Kier molecular flexibility index (Phi) is 7.08. The molecular weight excluding hydrogens is 204 g/mol. The number of likely N-dealkylation sites (N-methyl/N-ethyl adjacent to an activating group) is 1. The highest BCUT2D eigenvalue weighted by atomic mass is 32.2. The predicted molar refractivity (Wildman–Crippen MR) is 57.1 cm³/mol. The minimum absolute atomic E-state index is 0.195. The van der Waals surface area contributed by atoms with E-state index in [1.165, 1.54) is 6.26 Å². The quantitative estimate of drug-likeness (QED) is 0.532. The second kappa shape index (κ2) is 7.17. The lowest BCUT2D eigenvalue weighted by Crippen LogP contribution is -2.29. The van der Waals surface area contributed by atoms with E-state index in [1.54, 1.807) is 0 Å². The number of rotatable bonds is 8. The highest BCUT2D eigenvalue weighted by molar-refractivity contribution is 7.90. The van der Waals surface area contributed by atoms with Gasteiger partial charge in [-0.1, -0.05) is 0 Å². The molecule has 0 aliphatic carbocycles. The average molecular weight is 224 g/mol. The van der Waals surface area contributed by atoms with Gasteiger partial charge in [0.15, 0.2) is 0 Å². The summed E-state index contributed by atoms with van der Waals surface area (Å²) in [6.45, 7) is 2.95. The first-order valence-electron chi connectivity index (χ1n) is 4.60. The van der Waals surface area contributed by atoms with Crippen LogP contribution in [0.3, 0.4) is 0 Å². The van der Waals surface area contributed by atoms with Crippen LogP contribution in [0.25, 0.3) is 0 Å². The van der Waals surface area contributed by atoms with Gasteiger partial charge in [-0.15, -0.1) is 0 Å². The predicted octanol–water partition coefficient (Wildman–Crippen LogP) is -1.06. The van der Waals surface area contributed by atoms with E-state index >= 15 is 0 Å². The van der Waals surface area contributed by atoms with E-state index in [9.17, 15) is 8.42 Å². The van der Waals surface area contributed by atoms with Crippen molar-refractivity contribution in [2.24, 2.45) is 5.73 Å². The Bertz CT molecular complexity index is 229. The molecule has 0 radical (unpaired) electrons. The van der Waals surface area contributed by atoms with Crippen LogP contribution in [0.1, 0.15) is 0 Å². The lowest BCUT2D eigenvalue weighted by molar-refractivity contribution is 0.119. The van der Waals surface area contributed by atoms with Crippen molar-refractivity contribution in [3.8, 4) is 0 Å². The van der Waals surface area contributed by atoms with E-state index in [1.807, 2.05) is 11.9 Å². The lowest BCUT2D eigenvalue weighted by Gasteiger charge is -2.15. The number of nitrogens with two attached hydrogens (primary N) is 1. The minimum Gasteiger partial charge on any atom is -0.379 e. The van der Waals surface area contributed by atoms with Crippen molar-refractivity contribution >= 4 is 9.84 Å². The Hall–Kier alpha value is -0.170. The third-order valence-corrected chi connectivity index (χ3v) is 2.65. The van der Waals surface area contributed by atoms with Crippen LogP contribution in [0.4, 0.5) is 0 Å². The number of hydrogen-bond donors (Lipinski definition) is 1. The molecule has 0 spiro atoms. The molecule has 0 rings (SSSR count). The summed E-state index contributed by atoms with van der Waals surface area (Å²) in [6, 6.07) is 0. The molecule has 14 heavy (non-hydrogen) atoms. The number of hydrogen-bond acceptors (Lipinski definition) is 5. The minimum atomic E-state index is -2.86. The molecule has 0 saturated carbocycles. The molecule has 0 heterocycles. The van der Waals surface area contributed by atoms with Crippen LogP contribution in [0.15, 0.2) is 0 Å². The lowest BCUT2D eigenvalue weighted by atomic mass is 10.5. The highest BCUT2D eigenvalue weighted by Gasteiger charge is 2.04. The summed E-state index contributed by atoms with van der Waals surface area (Å²) in [6.07, 6.45) is 1.24. The van der Waals surface area contributed by atoms with Gasteiger partial charge in [0.1, 0.15) is 9.84 Å².